The first-order valence-corrected chi connectivity index (χ1v) is 8.32. The van der Waals surface area contributed by atoms with Crippen molar-refractivity contribution in [2.75, 3.05) is 13.1 Å². The molecule has 0 heterocycles. The number of halogens is 3. The molecule has 3 N–H and O–H groups in total. The molecule has 1 unspecified atom stereocenters. The molecule has 0 fully saturated rings. The molecule has 1 aromatic carbocycles. The molecule has 0 aliphatic carbocycles. The molecule has 1 atom stereocenters. The molecule has 0 spiro atoms. The van der Waals surface area contributed by atoms with Crippen LogP contribution in [-0.2, 0) is 15.0 Å². The molecule has 0 saturated carbocycles. The highest BCUT2D eigenvalue weighted by molar-refractivity contribution is 5.97. The molecule has 0 saturated heterocycles. The molecule has 0 aromatic heterocycles. The maximum atomic E-state index is 12.2. The Morgan fingerprint density at radius 3 is 2.04 bits per heavy atom. The minimum Gasteiger partial charge on any atom is -0.345 e. The van der Waals surface area contributed by atoms with Gasteiger partial charge in [-0.2, -0.15) is 13.2 Å². The van der Waals surface area contributed by atoms with Gasteiger partial charge in [0.1, 0.15) is 12.6 Å². The fraction of sp³-hybridized carbons (Fsp3) is 0.500. The Kier molecular flexibility index (Phi) is 7.38. The van der Waals surface area contributed by atoms with E-state index in [4.69, 9.17) is 0 Å². The Balaban J connectivity index is 2.50. The van der Waals surface area contributed by atoms with Crippen LogP contribution in [0, 0.1) is 0 Å². The highest BCUT2D eigenvalue weighted by Crippen LogP contribution is 2.22. The molecule has 0 bridgehead atoms. The van der Waals surface area contributed by atoms with Crippen molar-refractivity contribution in [2.45, 2.75) is 45.3 Å². The minimum absolute atomic E-state index is 0.0606. The Bertz CT molecular complexity index is 680. The average molecular weight is 387 g/mol. The van der Waals surface area contributed by atoms with Crippen molar-refractivity contribution < 1.29 is 27.6 Å². The highest BCUT2D eigenvalue weighted by atomic mass is 19.4. The Labute approximate surface area is 155 Å². The number of nitrogens with one attached hydrogen (secondary N) is 3. The summed E-state index contributed by atoms with van der Waals surface area (Å²) in [4.78, 5) is 35.3. The monoisotopic (exact) mass is 387 g/mol. The number of carbonyl (C=O) groups excluding carboxylic acids is 3. The fourth-order valence-electron chi connectivity index (χ4n) is 2.05. The number of carbonyl (C=O) groups is 3. The van der Waals surface area contributed by atoms with E-state index >= 15 is 0 Å². The quantitative estimate of drug-likeness (QED) is 0.697. The first kappa shape index (κ1) is 22.5. The summed E-state index contributed by atoms with van der Waals surface area (Å²) in [5, 5.41) is 6.28. The third kappa shape index (κ3) is 8.10. The standard InChI is InChI=1S/C18H24F3N3O3/c1-11(15(26)22-9-14(25)23-10-18(19,20)21)24-16(27)12-5-7-13(8-6-12)17(2,3)4/h5-8,11H,9-10H2,1-4H3,(H,22,26)(H,23,25)(H,24,27). The van der Waals surface area contributed by atoms with E-state index in [0.717, 1.165) is 5.56 Å². The summed E-state index contributed by atoms with van der Waals surface area (Å²) in [6.07, 6.45) is -4.52. The summed E-state index contributed by atoms with van der Waals surface area (Å²) in [7, 11) is 0. The second-order valence-electron chi connectivity index (χ2n) is 7.13. The van der Waals surface area contributed by atoms with Gasteiger partial charge in [-0.1, -0.05) is 32.9 Å². The largest absolute Gasteiger partial charge is 0.405 e. The average Bonchev–Trinajstić information content (AvgIpc) is 2.56. The van der Waals surface area contributed by atoms with Gasteiger partial charge in [-0.15, -0.1) is 0 Å². The van der Waals surface area contributed by atoms with Gasteiger partial charge in [-0.3, -0.25) is 14.4 Å². The maximum Gasteiger partial charge on any atom is 0.405 e. The van der Waals surface area contributed by atoms with Gasteiger partial charge >= 0.3 is 6.18 Å². The lowest BCUT2D eigenvalue weighted by Gasteiger charge is -2.19. The third-order valence-corrected chi connectivity index (χ3v) is 3.66. The van der Waals surface area contributed by atoms with Crippen molar-refractivity contribution in [1.82, 2.24) is 16.0 Å². The van der Waals surface area contributed by atoms with Crippen LogP contribution in [0.15, 0.2) is 24.3 Å². The molecule has 6 nitrogen and oxygen atoms in total. The lowest BCUT2D eigenvalue weighted by Crippen LogP contribution is -2.48. The Morgan fingerprint density at radius 1 is 1.00 bits per heavy atom. The van der Waals surface area contributed by atoms with Crippen molar-refractivity contribution >= 4 is 17.7 Å². The number of alkyl halides is 3. The van der Waals surface area contributed by atoms with Crippen molar-refractivity contribution in [2.24, 2.45) is 0 Å². The second kappa shape index (κ2) is 8.88. The fourth-order valence-corrected chi connectivity index (χ4v) is 2.05. The number of benzene rings is 1. The molecule has 9 heteroatoms. The smallest absolute Gasteiger partial charge is 0.345 e. The van der Waals surface area contributed by atoms with E-state index in [-0.39, 0.29) is 5.41 Å². The molecule has 0 aliphatic rings. The third-order valence-electron chi connectivity index (χ3n) is 3.66. The number of hydrogen-bond acceptors (Lipinski definition) is 3. The van der Waals surface area contributed by atoms with Crippen LogP contribution in [-0.4, -0.2) is 43.0 Å². The van der Waals surface area contributed by atoms with Crippen LogP contribution in [0.4, 0.5) is 13.2 Å². The highest BCUT2D eigenvalue weighted by Gasteiger charge is 2.27. The SMILES string of the molecule is CC(NC(=O)c1ccc(C(C)(C)C)cc1)C(=O)NCC(=O)NCC(F)(F)F. The van der Waals surface area contributed by atoms with Gasteiger partial charge in [0, 0.05) is 5.56 Å². The molecule has 150 valence electrons. The lowest BCUT2D eigenvalue weighted by atomic mass is 9.86. The molecule has 1 aromatic rings. The van der Waals surface area contributed by atoms with Crippen molar-refractivity contribution in [3.63, 3.8) is 0 Å². The molecule has 3 amide bonds. The van der Waals surface area contributed by atoms with Crippen molar-refractivity contribution in [3.05, 3.63) is 35.4 Å². The van der Waals surface area contributed by atoms with E-state index in [0.29, 0.717) is 5.56 Å². The zero-order valence-corrected chi connectivity index (χ0v) is 15.7. The zero-order valence-electron chi connectivity index (χ0n) is 15.7. The van der Waals surface area contributed by atoms with Crippen LogP contribution in [0.1, 0.15) is 43.6 Å². The van der Waals surface area contributed by atoms with Gasteiger partial charge in [0.05, 0.1) is 6.54 Å². The molecule has 0 radical (unpaired) electrons. The first-order valence-electron chi connectivity index (χ1n) is 8.32. The zero-order chi connectivity index (χ0) is 20.8. The number of rotatable bonds is 6. The van der Waals surface area contributed by atoms with Crippen molar-refractivity contribution in [1.29, 1.82) is 0 Å². The molecular weight excluding hydrogens is 363 g/mol. The van der Waals surface area contributed by atoms with Crippen LogP contribution in [0.2, 0.25) is 0 Å². The van der Waals surface area contributed by atoms with Gasteiger partial charge in [-0.05, 0) is 30.0 Å². The Hall–Kier alpha value is -2.58. The van der Waals surface area contributed by atoms with E-state index < -0.39 is 43.0 Å². The summed E-state index contributed by atoms with van der Waals surface area (Å²) in [5.41, 5.74) is 1.36. The normalized spacial score (nSPS) is 12.9. The second-order valence-corrected chi connectivity index (χ2v) is 7.13. The van der Waals surface area contributed by atoms with Gasteiger partial charge in [0.15, 0.2) is 0 Å². The lowest BCUT2D eigenvalue weighted by molar-refractivity contribution is -0.138. The maximum absolute atomic E-state index is 12.2. The minimum atomic E-state index is -4.52. The van der Waals surface area contributed by atoms with Gasteiger partial charge in [-0.25, -0.2) is 0 Å². The van der Waals surface area contributed by atoms with Crippen LogP contribution in [0.5, 0.6) is 0 Å². The first-order chi connectivity index (χ1) is 12.3. The van der Waals surface area contributed by atoms with E-state index in [9.17, 15) is 27.6 Å². The molecule has 0 aliphatic heterocycles. The van der Waals surface area contributed by atoms with E-state index in [1.807, 2.05) is 32.9 Å². The summed E-state index contributed by atoms with van der Waals surface area (Å²) in [5.74, 6) is -2.13. The summed E-state index contributed by atoms with van der Waals surface area (Å²) < 4.78 is 36.0. The summed E-state index contributed by atoms with van der Waals surface area (Å²) >= 11 is 0. The molecule has 27 heavy (non-hydrogen) atoms. The topological polar surface area (TPSA) is 87.3 Å². The van der Waals surface area contributed by atoms with Crippen LogP contribution < -0.4 is 16.0 Å². The van der Waals surface area contributed by atoms with Crippen LogP contribution in [0.25, 0.3) is 0 Å². The van der Waals surface area contributed by atoms with Crippen molar-refractivity contribution in [3.8, 4) is 0 Å². The van der Waals surface area contributed by atoms with E-state index in [1.54, 1.807) is 17.4 Å². The van der Waals surface area contributed by atoms with Gasteiger partial charge in [0.25, 0.3) is 5.91 Å². The van der Waals surface area contributed by atoms with Crippen LogP contribution >= 0.6 is 0 Å². The predicted molar refractivity (Wildman–Crippen MR) is 94.1 cm³/mol. The van der Waals surface area contributed by atoms with E-state index in [2.05, 4.69) is 10.6 Å². The summed E-state index contributed by atoms with van der Waals surface area (Å²) in [6.45, 7) is 5.44. The number of amides is 3. The van der Waals surface area contributed by atoms with Gasteiger partial charge < -0.3 is 16.0 Å². The number of hydrogen-bond donors (Lipinski definition) is 3. The summed E-state index contributed by atoms with van der Waals surface area (Å²) in [6, 6.07) is 5.97. The van der Waals surface area contributed by atoms with E-state index in [1.165, 1.54) is 6.92 Å². The van der Waals surface area contributed by atoms with Gasteiger partial charge in [0.2, 0.25) is 11.8 Å². The van der Waals surface area contributed by atoms with Crippen LogP contribution in [0.3, 0.4) is 0 Å². The Morgan fingerprint density at radius 2 is 1.56 bits per heavy atom. The molecular formula is C18H24F3N3O3. The predicted octanol–water partition coefficient (Wildman–Crippen LogP) is 1.90. The molecule has 1 rings (SSSR count).